The van der Waals surface area contributed by atoms with Gasteiger partial charge in [0.2, 0.25) is 0 Å². The van der Waals surface area contributed by atoms with Crippen LogP contribution >= 0.6 is 23.1 Å². The van der Waals surface area contributed by atoms with E-state index in [1.807, 2.05) is 6.26 Å². The summed E-state index contributed by atoms with van der Waals surface area (Å²) in [4.78, 5) is 11.6. The van der Waals surface area contributed by atoms with Crippen LogP contribution in [0.15, 0.2) is 16.6 Å². The van der Waals surface area contributed by atoms with Crippen LogP contribution in [0.2, 0.25) is 0 Å². The lowest BCUT2D eigenvalue weighted by atomic mass is 10.4. The van der Waals surface area contributed by atoms with Crippen LogP contribution in [-0.4, -0.2) is 29.3 Å². The number of aromatic nitrogens is 2. The van der Waals surface area contributed by atoms with E-state index in [0.717, 1.165) is 29.6 Å². The van der Waals surface area contributed by atoms with Crippen molar-refractivity contribution in [1.29, 1.82) is 0 Å². The molecule has 3 nitrogen and oxygen atoms in total. The minimum Gasteiger partial charge on any atom is -0.355 e. The van der Waals surface area contributed by atoms with E-state index < -0.39 is 0 Å². The molecule has 0 unspecified atom stereocenters. The fourth-order valence-corrected chi connectivity index (χ4v) is 3.28. The Labute approximate surface area is 103 Å². The first-order valence-electron chi connectivity index (χ1n) is 5.42. The highest BCUT2D eigenvalue weighted by atomic mass is 32.2. The Morgan fingerprint density at radius 3 is 2.88 bits per heavy atom. The fourth-order valence-electron chi connectivity index (χ4n) is 2.06. The summed E-state index contributed by atoms with van der Waals surface area (Å²) in [6, 6.07) is 2.08. The molecule has 1 fully saturated rings. The molecule has 0 aliphatic carbocycles. The summed E-state index contributed by atoms with van der Waals surface area (Å²) in [5.41, 5.74) is 1.09. The lowest BCUT2D eigenvalue weighted by molar-refractivity contribution is 0.901. The molecule has 2 aromatic rings. The second-order valence-corrected chi connectivity index (χ2v) is 5.55. The predicted octanol–water partition coefficient (Wildman–Crippen LogP) is 3.01. The van der Waals surface area contributed by atoms with Crippen molar-refractivity contribution in [2.75, 3.05) is 24.2 Å². The summed E-state index contributed by atoms with van der Waals surface area (Å²) in [5, 5.41) is 2.98. The van der Waals surface area contributed by atoms with E-state index in [9.17, 15) is 0 Å². The number of thiophene rings is 1. The molecule has 3 heterocycles. The molecule has 1 aliphatic heterocycles. The fraction of sp³-hybridized carbons (Fsp3) is 0.455. The first-order valence-corrected chi connectivity index (χ1v) is 7.53. The summed E-state index contributed by atoms with van der Waals surface area (Å²) in [5.74, 6) is 1.14. The van der Waals surface area contributed by atoms with Crippen LogP contribution in [0.25, 0.3) is 10.2 Å². The molecule has 0 bridgehead atoms. The van der Waals surface area contributed by atoms with Gasteiger partial charge in [0.05, 0.1) is 10.2 Å². The average Bonchev–Trinajstić information content (AvgIpc) is 2.98. The van der Waals surface area contributed by atoms with E-state index >= 15 is 0 Å². The van der Waals surface area contributed by atoms with E-state index in [1.165, 1.54) is 17.5 Å². The highest BCUT2D eigenvalue weighted by Gasteiger charge is 2.18. The summed E-state index contributed by atoms with van der Waals surface area (Å²) in [7, 11) is 0. The largest absolute Gasteiger partial charge is 0.355 e. The van der Waals surface area contributed by atoms with Crippen LogP contribution in [0.3, 0.4) is 0 Å². The summed E-state index contributed by atoms with van der Waals surface area (Å²) in [6.07, 6.45) is 4.60. The molecule has 16 heavy (non-hydrogen) atoms. The molecule has 0 radical (unpaired) electrons. The SMILES string of the molecule is CSc1nc(N2CCCC2)c2sccc2n1. The summed E-state index contributed by atoms with van der Waals surface area (Å²) >= 11 is 3.36. The van der Waals surface area contributed by atoms with Gasteiger partial charge in [0.1, 0.15) is 0 Å². The van der Waals surface area contributed by atoms with Gasteiger partial charge in [-0.15, -0.1) is 11.3 Å². The minimum atomic E-state index is 0.882. The number of hydrogen-bond donors (Lipinski definition) is 0. The van der Waals surface area contributed by atoms with E-state index in [2.05, 4.69) is 26.3 Å². The van der Waals surface area contributed by atoms with Crippen LogP contribution in [0.1, 0.15) is 12.8 Å². The topological polar surface area (TPSA) is 29.0 Å². The lowest BCUT2D eigenvalue weighted by Gasteiger charge is -2.17. The molecule has 3 rings (SSSR count). The van der Waals surface area contributed by atoms with Crippen molar-refractivity contribution in [2.45, 2.75) is 18.0 Å². The molecule has 0 aromatic carbocycles. The van der Waals surface area contributed by atoms with Crippen LogP contribution in [0, 0.1) is 0 Å². The maximum atomic E-state index is 4.66. The maximum absolute atomic E-state index is 4.66. The number of rotatable bonds is 2. The smallest absolute Gasteiger partial charge is 0.189 e. The Morgan fingerprint density at radius 1 is 1.31 bits per heavy atom. The third-order valence-corrected chi connectivity index (χ3v) is 4.30. The standard InChI is InChI=1S/C11H13N3S2/c1-15-11-12-8-4-7-16-9(8)10(13-11)14-5-2-3-6-14/h4,7H,2-3,5-6H2,1H3. The van der Waals surface area contributed by atoms with Gasteiger partial charge in [-0.25, -0.2) is 9.97 Å². The van der Waals surface area contributed by atoms with Crippen LogP contribution in [-0.2, 0) is 0 Å². The number of nitrogens with zero attached hydrogens (tertiary/aromatic N) is 3. The Balaban J connectivity index is 2.15. The van der Waals surface area contributed by atoms with Crippen molar-refractivity contribution in [2.24, 2.45) is 0 Å². The minimum absolute atomic E-state index is 0.882. The number of anilines is 1. The van der Waals surface area contributed by atoms with Gasteiger partial charge in [-0.3, -0.25) is 0 Å². The van der Waals surface area contributed by atoms with Crippen molar-refractivity contribution in [3.05, 3.63) is 11.4 Å². The molecular weight excluding hydrogens is 238 g/mol. The molecule has 2 aromatic heterocycles. The van der Waals surface area contributed by atoms with Gasteiger partial charge in [-0.2, -0.15) is 0 Å². The zero-order chi connectivity index (χ0) is 11.0. The van der Waals surface area contributed by atoms with Crippen LogP contribution < -0.4 is 4.90 Å². The molecule has 0 spiro atoms. The zero-order valence-electron chi connectivity index (χ0n) is 9.14. The van der Waals surface area contributed by atoms with Crippen LogP contribution in [0.4, 0.5) is 5.82 Å². The summed E-state index contributed by atoms with van der Waals surface area (Å²) in [6.45, 7) is 2.27. The molecule has 84 valence electrons. The Hall–Kier alpha value is -0.810. The second-order valence-electron chi connectivity index (χ2n) is 3.86. The summed E-state index contributed by atoms with van der Waals surface area (Å²) < 4.78 is 1.24. The quantitative estimate of drug-likeness (QED) is 0.606. The van der Waals surface area contributed by atoms with Crippen molar-refractivity contribution < 1.29 is 0 Å². The van der Waals surface area contributed by atoms with Crippen molar-refractivity contribution >= 4 is 39.1 Å². The maximum Gasteiger partial charge on any atom is 0.189 e. The average molecular weight is 251 g/mol. The molecule has 0 N–H and O–H groups in total. The first-order chi connectivity index (χ1) is 7.88. The number of thioether (sulfide) groups is 1. The normalized spacial score (nSPS) is 16.2. The highest BCUT2D eigenvalue weighted by molar-refractivity contribution is 7.98. The Morgan fingerprint density at radius 2 is 2.12 bits per heavy atom. The third kappa shape index (κ3) is 1.68. The van der Waals surface area contributed by atoms with E-state index in [4.69, 9.17) is 0 Å². The van der Waals surface area contributed by atoms with Gasteiger partial charge in [-0.1, -0.05) is 11.8 Å². The van der Waals surface area contributed by atoms with Crippen molar-refractivity contribution in [3.8, 4) is 0 Å². The second kappa shape index (κ2) is 4.22. The number of fused-ring (bicyclic) bond motifs is 1. The molecule has 1 aliphatic rings. The third-order valence-electron chi connectivity index (χ3n) is 2.85. The van der Waals surface area contributed by atoms with E-state index in [1.54, 1.807) is 23.1 Å². The molecular formula is C11H13N3S2. The molecule has 0 saturated carbocycles. The van der Waals surface area contributed by atoms with Gasteiger partial charge in [0.15, 0.2) is 11.0 Å². The lowest BCUT2D eigenvalue weighted by Crippen LogP contribution is -2.19. The Kier molecular flexibility index (Phi) is 2.73. The first kappa shape index (κ1) is 10.4. The highest BCUT2D eigenvalue weighted by Crippen LogP contribution is 2.32. The van der Waals surface area contributed by atoms with Gasteiger partial charge in [0.25, 0.3) is 0 Å². The van der Waals surface area contributed by atoms with Crippen molar-refractivity contribution in [1.82, 2.24) is 9.97 Å². The van der Waals surface area contributed by atoms with E-state index in [0.29, 0.717) is 0 Å². The molecule has 1 saturated heterocycles. The van der Waals surface area contributed by atoms with E-state index in [-0.39, 0.29) is 0 Å². The molecule has 0 amide bonds. The van der Waals surface area contributed by atoms with Gasteiger partial charge in [0, 0.05) is 13.1 Å². The van der Waals surface area contributed by atoms with Crippen LogP contribution in [0.5, 0.6) is 0 Å². The van der Waals surface area contributed by atoms with Gasteiger partial charge >= 0.3 is 0 Å². The number of hydrogen-bond acceptors (Lipinski definition) is 5. The van der Waals surface area contributed by atoms with Gasteiger partial charge in [-0.05, 0) is 30.5 Å². The predicted molar refractivity (Wildman–Crippen MR) is 70.6 cm³/mol. The van der Waals surface area contributed by atoms with Gasteiger partial charge < -0.3 is 4.90 Å². The molecule has 0 atom stereocenters. The monoisotopic (exact) mass is 251 g/mol. The zero-order valence-corrected chi connectivity index (χ0v) is 10.8. The van der Waals surface area contributed by atoms with Crippen molar-refractivity contribution in [3.63, 3.8) is 0 Å². The molecule has 5 heteroatoms. The Bertz CT molecular complexity index is 503.